The van der Waals surface area contributed by atoms with Gasteiger partial charge in [0.05, 0.1) is 12.5 Å². The van der Waals surface area contributed by atoms with E-state index in [9.17, 15) is 48.3 Å². The molecule has 5 rings (SSSR count). The fraction of sp³-hybridized carbons (Fsp3) is 0.589. The highest BCUT2D eigenvalue weighted by Crippen LogP contribution is 2.33. The number of benzene rings is 2. The van der Waals surface area contributed by atoms with E-state index in [-0.39, 0.29) is 96.4 Å². The van der Waals surface area contributed by atoms with Crippen LogP contribution < -0.4 is 70.8 Å². The molecule has 2 heterocycles. The van der Waals surface area contributed by atoms with E-state index in [1.807, 2.05) is 24.3 Å². The minimum Gasteiger partial charge on any atom is -0.393 e. The Bertz CT molecular complexity index is 2510. The fourth-order valence-corrected chi connectivity index (χ4v) is 9.64. The number of nitrogens with one attached hydrogen (secondary N) is 10. The minimum absolute atomic E-state index is 0.0494. The van der Waals surface area contributed by atoms with E-state index in [0.29, 0.717) is 17.5 Å². The smallest absolute Gasteiger partial charge is 0.243 e. The Balaban J connectivity index is 1.51. The molecule has 0 unspecified atom stereocenters. The SMILES string of the molecule is CCCCCCC[C@@H](O)CC(=O)N[C@H](CCN)C(=O)N[C@H]1CCNC(=O)[C@H](Cc2c[nH]c3ccccc23)NC(=O)[C@H](CCN)NC(=O)[C@H](CCN)NC(=O)[C@H](CC2CC2)NC(=O)[C@@H](Cc2ccccc2)NC(=O)[C@H](CCN)NC1=O. The molecule has 1 aromatic heterocycles. The first-order valence-electron chi connectivity index (χ1n) is 28.3. The normalized spacial score (nSPS) is 23.0. The molecule has 24 heteroatoms. The number of amides is 9. The number of aromatic nitrogens is 1. The number of aromatic amines is 1. The first-order valence-corrected chi connectivity index (χ1v) is 28.3. The number of rotatable bonds is 25. The van der Waals surface area contributed by atoms with Crippen molar-refractivity contribution in [2.75, 3.05) is 32.7 Å². The lowest BCUT2D eigenvalue weighted by Crippen LogP contribution is -2.61. The summed E-state index contributed by atoms with van der Waals surface area (Å²) in [4.78, 5) is 131. The van der Waals surface area contributed by atoms with Gasteiger partial charge in [0.1, 0.15) is 48.3 Å². The van der Waals surface area contributed by atoms with Crippen LogP contribution in [-0.4, -0.2) is 150 Å². The van der Waals surface area contributed by atoms with Gasteiger partial charge in [-0.25, -0.2) is 0 Å². The average molecular weight is 1120 g/mol. The number of para-hydroxylation sites is 1. The molecule has 1 aliphatic heterocycles. The number of carbonyl (C=O) groups excluding carboxylic acids is 9. The largest absolute Gasteiger partial charge is 0.393 e. The third kappa shape index (κ3) is 20.9. The number of hydrogen-bond donors (Lipinski definition) is 15. The zero-order valence-electron chi connectivity index (χ0n) is 46.0. The fourth-order valence-electron chi connectivity index (χ4n) is 9.64. The lowest BCUT2D eigenvalue weighted by molar-refractivity contribution is -0.136. The van der Waals surface area contributed by atoms with E-state index in [0.717, 1.165) is 55.8 Å². The Labute approximate surface area is 467 Å². The van der Waals surface area contributed by atoms with E-state index < -0.39 is 108 Å². The van der Waals surface area contributed by atoms with Crippen molar-refractivity contribution in [1.82, 2.24) is 52.8 Å². The van der Waals surface area contributed by atoms with Gasteiger partial charge in [-0.3, -0.25) is 43.2 Å². The number of H-pyrrole nitrogens is 1. The molecule has 24 nitrogen and oxygen atoms in total. The summed E-state index contributed by atoms with van der Waals surface area (Å²) in [7, 11) is 0. The summed E-state index contributed by atoms with van der Waals surface area (Å²) < 4.78 is 0. The van der Waals surface area contributed by atoms with Gasteiger partial charge in [0.15, 0.2) is 0 Å². The Morgan fingerprint density at radius 2 is 1.14 bits per heavy atom. The average Bonchev–Trinajstić information content (AvgIpc) is 4.17. The number of nitrogens with two attached hydrogens (primary N) is 4. The summed E-state index contributed by atoms with van der Waals surface area (Å²) in [6.45, 7) is 1.51. The van der Waals surface area contributed by atoms with Crippen LogP contribution >= 0.6 is 0 Å². The minimum atomic E-state index is -1.50. The Kier molecular flexibility index (Phi) is 26.8. The van der Waals surface area contributed by atoms with Crippen molar-refractivity contribution >= 4 is 64.1 Å². The molecule has 80 heavy (non-hydrogen) atoms. The molecule has 1 saturated carbocycles. The van der Waals surface area contributed by atoms with Crippen LogP contribution in [-0.2, 0) is 56.0 Å². The van der Waals surface area contributed by atoms with Crippen molar-refractivity contribution in [3.05, 3.63) is 71.9 Å². The Hall–Kier alpha value is -6.99. The predicted octanol–water partition coefficient (Wildman–Crippen LogP) is -1.34. The third-order valence-corrected chi connectivity index (χ3v) is 14.3. The third-order valence-electron chi connectivity index (χ3n) is 14.3. The zero-order chi connectivity index (χ0) is 58.0. The Morgan fingerprint density at radius 3 is 1.74 bits per heavy atom. The number of aliphatic hydroxyl groups is 1. The van der Waals surface area contributed by atoms with Gasteiger partial charge in [0.25, 0.3) is 0 Å². The van der Waals surface area contributed by atoms with Crippen LogP contribution in [0.2, 0.25) is 0 Å². The number of carbonyl (C=O) groups is 9. The summed E-state index contributed by atoms with van der Waals surface area (Å²) in [5.41, 5.74) is 25.9. The molecule has 1 saturated heterocycles. The summed E-state index contributed by atoms with van der Waals surface area (Å²) >= 11 is 0. The van der Waals surface area contributed by atoms with Crippen LogP contribution in [0.5, 0.6) is 0 Å². The summed E-state index contributed by atoms with van der Waals surface area (Å²) in [5, 5.41) is 35.9. The number of unbranched alkanes of at least 4 members (excludes halogenated alkanes) is 4. The second-order valence-electron chi connectivity index (χ2n) is 20.9. The van der Waals surface area contributed by atoms with Gasteiger partial charge in [-0.1, -0.05) is 100 Å². The first-order chi connectivity index (χ1) is 38.6. The van der Waals surface area contributed by atoms with Crippen molar-refractivity contribution < 1.29 is 48.3 Å². The van der Waals surface area contributed by atoms with Gasteiger partial charge < -0.3 is 80.9 Å². The maximum Gasteiger partial charge on any atom is 0.243 e. The van der Waals surface area contributed by atoms with Crippen molar-refractivity contribution in [3.63, 3.8) is 0 Å². The lowest BCUT2D eigenvalue weighted by atomic mass is 10.0. The summed E-state index contributed by atoms with van der Waals surface area (Å²) in [6, 6.07) is 5.57. The van der Waals surface area contributed by atoms with Gasteiger partial charge in [-0.2, -0.15) is 0 Å². The maximum absolute atomic E-state index is 14.6. The van der Waals surface area contributed by atoms with E-state index in [1.165, 1.54) is 0 Å². The van der Waals surface area contributed by atoms with Crippen molar-refractivity contribution in [3.8, 4) is 0 Å². The number of hydrogen-bond acceptors (Lipinski definition) is 14. The van der Waals surface area contributed by atoms with Crippen LogP contribution in [0, 0.1) is 5.92 Å². The van der Waals surface area contributed by atoms with Gasteiger partial charge in [-0.05, 0) is 94.2 Å². The van der Waals surface area contributed by atoms with Crippen LogP contribution in [0.25, 0.3) is 10.9 Å². The molecule has 2 aliphatic rings. The quantitative estimate of drug-likeness (QED) is 0.0437. The molecular formula is C56H86N14O10. The molecular weight excluding hydrogens is 1030 g/mol. The van der Waals surface area contributed by atoms with Gasteiger partial charge >= 0.3 is 0 Å². The van der Waals surface area contributed by atoms with Crippen LogP contribution in [0.3, 0.4) is 0 Å². The van der Waals surface area contributed by atoms with Gasteiger partial charge in [0.2, 0.25) is 53.2 Å². The molecule has 0 radical (unpaired) electrons. The monoisotopic (exact) mass is 1110 g/mol. The molecule has 9 amide bonds. The molecule has 9 atom stereocenters. The lowest BCUT2D eigenvalue weighted by Gasteiger charge is -2.28. The summed E-state index contributed by atoms with van der Waals surface area (Å²) in [6.07, 6.45) is 6.64. The van der Waals surface area contributed by atoms with Crippen molar-refractivity contribution in [1.29, 1.82) is 0 Å². The molecule has 19 N–H and O–H groups in total. The van der Waals surface area contributed by atoms with Crippen LogP contribution in [0.4, 0.5) is 0 Å². The van der Waals surface area contributed by atoms with Gasteiger partial charge in [-0.15, -0.1) is 0 Å². The van der Waals surface area contributed by atoms with E-state index in [1.54, 1.807) is 36.5 Å². The van der Waals surface area contributed by atoms with Crippen LogP contribution in [0.1, 0.15) is 114 Å². The first kappa shape index (κ1) is 63.8. The van der Waals surface area contributed by atoms with E-state index in [4.69, 9.17) is 22.9 Å². The second-order valence-corrected chi connectivity index (χ2v) is 20.9. The maximum atomic E-state index is 14.6. The molecule has 3 aromatic rings. The molecule has 1 aliphatic carbocycles. The number of fused-ring (bicyclic) bond motifs is 1. The highest BCUT2D eigenvalue weighted by atomic mass is 16.3. The molecule has 0 spiro atoms. The zero-order valence-corrected chi connectivity index (χ0v) is 46.0. The highest BCUT2D eigenvalue weighted by Gasteiger charge is 2.37. The predicted molar refractivity (Wildman–Crippen MR) is 301 cm³/mol. The molecule has 0 bridgehead atoms. The highest BCUT2D eigenvalue weighted by molar-refractivity contribution is 5.98. The molecule has 440 valence electrons. The number of aliphatic hydroxyl groups excluding tert-OH is 1. The van der Waals surface area contributed by atoms with Crippen LogP contribution in [0.15, 0.2) is 60.8 Å². The van der Waals surface area contributed by atoms with Gasteiger partial charge in [0, 0.05) is 36.5 Å². The molecule has 2 fully saturated rings. The topological polar surface area (TPSA) is 402 Å². The van der Waals surface area contributed by atoms with E-state index >= 15 is 0 Å². The second kappa shape index (κ2) is 33.6. The van der Waals surface area contributed by atoms with E-state index in [2.05, 4.69) is 59.8 Å². The standard InChI is InChI=1S/C56H86N14O10/c1-2-3-4-5-9-14-37(71)32-48(72)63-40(19-24-57)50(74)67-44-23-28-61-49(73)47(31-36-33-62-39-16-11-10-15-38(36)39)70-53(77)43(22-27-60)64-51(75)41(20-25-58)66-55(79)46(30-35-17-18-35)69-56(80)45(29-34-12-7-6-8-13-34)68-52(76)42(21-26-59)65-54(44)78/h6-8,10-13,15-16,33,35,37,40-47,62,71H,2-5,9,14,17-32,57-60H2,1H3,(H,61,73)(H,63,72)(H,64,75)(H,65,78)(H,66,79)(H,67,74)(H,68,76)(H,69,80)(H,70,77)/t37-,40-,41+,42+,43+,44+,45-,46+,47+/m1/s1. The summed E-state index contributed by atoms with van der Waals surface area (Å²) in [5.74, 6) is -6.78. The Morgan fingerprint density at radius 1 is 0.600 bits per heavy atom. The molecule has 2 aromatic carbocycles. The van der Waals surface area contributed by atoms with Crippen molar-refractivity contribution in [2.45, 2.75) is 171 Å². The van der Waals surface area contributed by atoms with Crippen molar-refractivity contribution in [2.24, 2.45) is 28.9 Å².